The minimum absolute atomic E-state index is 0.0810. The van der Waals surface area contributed by atoms with Crippen LogP contribution in [0.2, 0.25) is 0 Å². The molecule has 108 valence electrons. The van der Waals surface area contributed by atoms with Crippen molar-refractivity contribution in [1.29, 1.82) is 5.26 Å². The summed E-state index contributed by atoms with van der Waals surface area (Å²) in [6, 6.07) is 3.54. The maximum atomic E-state index is 13.2. The molecule has 0 aliphatic rings. The Morgan fingerprint density at radius 2 is 2.00 bits per heavy atom. The van der Waals surface area contributed by atoms with E-state index >= 15 is 0 Å². The highest BCUT2D eigenvalue weighted by Gasteiger charge is 2.21. The summed E-state index contributed by atoms with van der Waals surface area (Å²) in [4.78, 5) is 13.7. The van der Waals surface area contributed by atoms with E-state index in [0.717, 1.165) is 12.1 Å². The van der Waals surface area contributed by atoms with Crippen LogP contribution in [-0.2, 0) is 0 Å². The van der Waals surface area contributed by atoms with Gasteiger partial charge in [0.25, 0.3) is 5.91 Å². The van der Waals surface area contributed by atoms with E-state index in [1.165, 1.54) is 4.90 Å². The first-order valence-corrected chi connectivity index (χ1v) is 6.27. The second-order valence-electron chi connectivity index (χ2n) is 4.91. The van der Waals surface area contributed by atoms with E-state index in [4.69, 9.17) is 11.0 Å². The monoisotopic (exact) mass is 281 g/mol. The lowest BCUT2D eigenvalue weighted by Crippen LogP contribution is -2.35. The van der Waals surface area contributed by atoms with E-state index in [2.05, 4.69) is 0 Å². The van der Waals surface area contributed by atoms with Gasteiger partial charge in [0.2, 0.25) is 0 Å². The predicted octanol–water partition coefficient (Wildman–Crippen LogP) is 2.56. The van der Waals surface area contributed by atoms with Gasteiger partial charge in [-0.05, 0) is 12.0 Å². The fourth-order valence-electron chi connectivity index (χ4n) is 1.82. The molecular formula is C14H17F2N3O. The summed E-state index contributed by atoms with van der Waals surface area (Å²) in [5.41, 5.74) is 5.38. The van der Waals surface area contributed by atoms with Crippen LogP contribution in [0, 0.1) is 28.9 Å². The predicted molar refractivity (Wildman–Crippen MR) is 71.7 cm³/mol. The molecule has 0 aliphatic carbocycles. The standard InChI is InChI=1S/C14H17F2N3O/c1-9(2)8-19(5-3-4-17)14(20)10-6-11(15)12(16)7-13(10)18/h6-7,9H,3,5,8,18H2,1-2H3. The lowest BCUT2D eigenvalue weighted by atomic mass is 10.1. The number of nitrogen functional groups attached to an aromatic ring is 1. The fraction of sp³-hybridized carbons (Fsp3) is 0.429. The third-order valence-corrected chi connectivity index (χ3v) is 2.69. The lowest BCUT2D eigenvalue weighted by Gasteiger charge is -2.24. The molecule has 0 saturated heterocycles. The molecule has 1 aromatic carbocycles. The van der Waals surface area contributed by atoms with Crippen LogP contribution in [-0.4, -0.2) is 23.9 Å². The molecule has 0 fully saturated rings. The quantitative estimate of drug-likeness (QED) is 0.843. The molecule has 20 heavy (non-hydrogen) atoms. The zero-order valence-corrected chi connectivity index (χ0v) is 11.5. The first-order chi connectivity index (χ1) is 9.36. The summed E-state index contributed by atoms with van der Waals surface area (Å²) >= 11 is 0. The largest absolute Gasteiger partial charge is 0.398 e. The molecule has 4 nitrogen and oxygen atoms in total. The highest BCUT2D eigenvalue weighted by Crippen LogP contribution is 2.19. The van der Waals surface area contributed by atoms with Gasteiger partial charge >= 0.3 is 0 Å². The number of anilines is 1. The Morgan fingerprint density at radius 1 is 1.40 bits per heavy atom. The molecule has 6 heteroatoms. The van der Waals surface area contributed by atoms with Crippen molar-refractivity contribution >= 4 is 11.6 Å². The van der Waals surface area contributed by atoms with Crippen LogP contribution in [0.25, 0.3) is 0 Å². The first kappa shape index (κ1) is 15.9. The molecule has 0 unspecified atom stereocenters. The van der Waals surface area contributed by atoms with Crippen LogP contribution in [0.1, 0.15) is 30.6 Å². The molecule has 1 rings (SSSR count). The Hall–Kier alpha value is -2.16. The number of nitrogens with zero attached hydrogens (tertiary/aromatic N) is 2. The minimum Gasteiger partial charge on any atom is -0.398 e. The number of carbonyl (C=O) groups excluding carboxylic acids is 1. The number of halogens is 2. The molecule has 0 aromatic heterocycles. The highest BCUT2D eigenvalue weighted by atomic mass is 19.2. The van der Waals surface area contributed by atoms with E-state index in [0.29, 0.717) is 6.54 Å². The smallest absolute Gasteiger partial charge is 0.256 e. The van der Waals surface area contributed by atoms with Crippen LogP contribution in [0.4, 0.5) is 14.5 Å². The Balaban J connectivity index is 3.05. The molecule has 0 saturated carbocycles. The maximum Gasteiger partial charge on any atom is 0.256 e. The van der Waals surface area contributed by atoms with Gasteiger partial charge in [0.1, 0.15) is 0 Å². The number of amides is 1. The maximum absolute atomic E-state index is 13.2. The number of hydrogen-bond acceptors (Lipinski definition) is 3. The van der Waals surface area contributed by atoms with E-state index < -0.39 is 17.5 Å². The second-order valence-corrected chi connectivity index (χ2v) is 4.91. The van der Waals surface area contributed by atoms with Gasteiger partial charge in [0.15, 0.2) is 11.6 Å². The SMILES string of the molecule is CC(C)CN(CCC#N)C(=O)c1cc(F)c(F)cc1N. The van der Waals surface area contributed by atoms with Gasteiger partial charge in [0, 0.05) is 24.8 Å². The molecule has 2 N–H and O–H groups in total. The number of hydrogen-bond donors (Lipinski definition) is 1. The van der Waals surface area contributed by atoms with Gasteiger partial charge in [-0.1, -0.05) is 13.8 Å². The summed E-state index contributed by atoms with van der Waals surface area (Å²) in [7, 11) is 0. The molecule has 0 bridgehead atoms. The molecule has 1 amide bonds. The molecule has 0 heterocycles. The van der Waals surface area contributed by atoms with Crippen molar-refractivity contribution in [2.24, 2.45) is 5.92 Å². The van der Waals surface area contributed by atoms with Gasteiger partial charge in [-0.25, -0.2) is 8.78 Å². The van der Waals surface area contributed by atoms with Crippen LogP contribution < -0.4 is 5.73 Å². The van der Waals surface area contributed by atoms with Crippen molar-refractivity contribution in [3.05, 3.63) is 29.3 Å². The minimum atomic E-state index is -1.12. The Bertz CT molecular complexity index is 538. The zero-order valence-electron chi connectivity index (χ0n) is 11.5. The number of carbonyl (C=O) groups is 1. The number of rotatable bonds is 5. The van der Waals surface area contributed by atoms with Gasteiger partial charge in [-0.15, -0.1) is 0 Å². The van der Waals surface area contributed by atoms with Crippen molar-refractivity contribution in [3.63, 3.8) is 0 Å². The van der Waals surface area contributed by atoms with Crippen molar-refractivity contribution in [2.45, 2.75) is 20.3 Å². The number of benzene rings is 1. The van der Waals surface area contributed by atoms with Crippen LogP contribution in [0.3, 0.4) is 0 Å². The zero-order chi connectivity index (χ0) is 15.3. The molecule has 0 spiro atoms. The van der Waals surface area contributed by atoms with Gasteiger partial charge in [-0.2, -0.15) is 5.26 Å². The van der Waals surface area contributed by atoms with Crippen molar-refractivity contribution in [1.82, 2.24) is 4.90 Å². The molecule has 0 radical (unpaired) electrons. The average molecular weight is 281 g/mol. The first-order valence-electron chi connectivity index (χ1n) is 6.27. The Labute approximate surface area is 116 Å². The van der Waals surface area contributed by atoms with Crippen molar-refractivity contribution < 1.29 is 13.6 Å². The van der Waals surface area contributed by atoms with Crippen molar-refractivity contribution in [2.75, 3.05) is 18.8 Å². The molecule has 0 atom stereocenters. The van der Waals surface area contributed by atoms with E-state index in [9.17, 15) is 13.6 Å². The van der Waals surface area contributed by atoms with Gasteiger partial charge < -0.3 is 10.6 Å². The topological polar surface area (TPSA) is 70.1 Å². The summed E-state index contributed by atoms with van der Waals surface area (Å²) < 4.78 is 26.3. The lowest BCUT2D eigenvalue weighted by molar-refractivity contribution is 0.0740. The van der Waals surface area contributed by atoms with E-state index in [-0.39, 0.29) is 30.1 Å². The number of nitrogens with two attached hydrogens (primary N) is 1. The van der Waals surface area contributed by atoms with Crippen LogP contribution in [0.5, 0.6) is 0 Å². The second kappa shape index (κ2) is 6.85. The highest BCUT2D eigenvalue weighted by molar-refractivity contribution is 5.99. The summed E-state index contributed by atoms with van der Waals surface area (Å²) in [6.07, 6.45) is 0.169. The fourth-order valence-corrected chi connectivity index (χ4v) is 1.82. The summed E-state index contributed by atoms with van der Waals surface area (Å²) in [5.74, 6) is -2.52. The molecule has 0 aliphatic heterocycles. The third-order valence-electron chi connectivity index (χ3n) is 2.69. The summed E-state index contributed by atoms with van der Waals surface area (Å²) in [6.45, 7) is 4.48. The van der Waals surface area contributed by atoms with Crippen LogP contribution >= 0.6 is 0 Å². The Morgan fingerprint density at radius 3 is 2.55 bits per heavy atom. The van der Waals surface area contributed by atoms with Gasteiger partial charge in [0.05, 0.1) is 18.1 Å². The molecule has 1 aromatic rings. The normalized spacial score (nSPS) is 10.4. The number of nitriles is 1. The van der Waals surface area contributed by atoms with Crippen molar-refractivity contribution in [3.8, 4) is 6.07 Å². The van der Waals surface area contributed by atoms with Gasteiger partial charge in [-0.3, -0.25) is 4.79 Å². The van der Waals surface area contributed by atoms with E-state index in [1.54, 1.807) is 0 Å². The Kier molecular flexibility index (Phi) is 5.44. The average Bonchev–Trinajstić information content (AvgIpc) is 2.37. The van der Waals surface area contributed by atoms with E-state index in [1.807, 2.05) is 19.9 Å². The van der Waals surface area contributed by atoms with Crippen LogP contribution in [0.15, 0.2) is 12.1 Å². The third kappa shape index (κ3) is 3.92. The summed E-state index contributed by atoms with van der Waals surface area (Å²) in [5, 5.41) is 8.61. The molecular weight excluding hydrogens is 264 g/mol.